The predicted octanol–water partition coefficient (Wildman–Crippen LogP) is 4.06. The number of nitro benzene ring substituents is 1. The van der Waals surface area contributed by atoms with Gasteiger partial charge in [-0.1, -0.05) is 29.8 Å². The zero-order valence-corrected chi connectivity index (χ0v) is 18.3. The van der Waals surface area contributed by atoms with Crippen molar-refractivity contribution in [3.8, 4) is 28.5 Å². The fourth-order valence-corrected chi connectivity index (χ4v) is 3.75. The minimum absolute atomic E-state index is 0.0289. The highest BCUT2D eigenvalue weighted by Gasteiger charge is 2.33. The molecule has 0 atom stereocenters. The molecule has 0 fully saturated rings. The lowest BCUT2D eigenvalue weighted by atomic mass is 9.93. The number of carbonyl (C=O) groups is 2. The van der Waals surface area contributed by atoms with Crippen molar-refractivity contribution in [2.75, 3.05) is 14.2 Å². The van der Waals surface area contributed by atoms with Crippen LogP contribution < -0.4 is 0 Å². The highest BCUT2D eigenvalue weighted by atomic mass is 16.6. The number of non-ortho nitro benzene ring substituents is 1. The number of methoxy groups -OCH3 is 2. The average Bonchev–Trinajstić information content (AvgIpc) is 3.15. The first kappa shape index (κ1) is 22.3. The van der Waals surface area contributed by atoms with Gasteiger partial charge in [0.2, 0.25) is 0 Å². The lowest BCUT2D eigenvalue weighted by Gasteiger charge is -2.09. The van der Waals surface area contributed by atoms with Gasteiger partial charge >= 0.3 is 11.9 Å². The van der Waals surface area contributed by atoms with Crippen LogP contribution in [0.4, 0.5) is 5.69 Å². The number of nitriles is 1. The second-order valence-corrected chi connectivity index (χ2v) is 7.31. The molecule has 2 heterocycles. The van der Waals surface area contributed by atoms with Gasteiger partial charge in [0.1, 0.15) is 17.3 Å². The van der Waals surface area contributed by atoms with E-state index in [0.717, 1.165) is 19.8 Å². The van der Waals surface area contributed by atoms with Crippen molar-refractivity contribution in [3.63, 3.8) is 0 Å². The lowest BCUT2D eigenvalue weighted by Crippen LogP contribution is -2.13. The van der Waals surface area contributed by atoms with Gasteiger partial charge in [-0.25, -0.2) is 19.6 Å². The molecule has 0 unspecified atom stereocenters. The Balaban J connectivity index is 2.30. The molecular weight excluding hydrogens is 440 g/mol. The molecule has 0 radical (unpaired) electrons. The summed E-state index contributed by atoms with van der Waals surface area (Å²) in [6.45, 7) is 1.89. The number of benzene rings is 2. The maximum atomic E-state index is 13.0. The Morgan fingerprint density at radius 1 is 1.00 bits per heavy atom. The number of rotatable bonds is 4. The van der Waals surface area contributed by atoms with E-state index in [1.165, 1.54) is 18.2 Å². The molecule has 0 saturated carbocycles. The number of ether oxygens (including phenoxy) is 2. The number of hydrogen-bond donors (Lipinski definition) is 0. The highest BCUT2D eigenvalue weighted by Crippen LogP contribution is 2.43. The summed E-state index contributed by atoms with van der Waals surface area (Å²) < 4.78 is 9.82. The Bertz CT molecular complexity index is 1510. The van der Waals surface area contributed by atoms with Crippen molar-refractivity contribution in [2.45, 2.75) is 6.92 Å². The largest absolute Gasteiger partial charge is 0.465 e. The molecule has 10 nitrogen and oxygen atoms in total. The van der Waals surface area contributed by atoms with Crippen LogP contribution in [-0.4, -0.2) is 41.0 Å². The number of aryl methyl sites for hydroxylation is 1. The number of carbonyl (C=O) groups excluding carboxylic acids is 2. The van der Waals surface area contributed by atoms with E-state index in [1.54, 1.807) is 12.1 Å². The van der Waals surface area contributed by atoms with Gasteiger partial charge in [0.25, 0.3) is 5.69 Å². The number of nitrogens with zero attached hydrogens (tertiary/aromatic N) is 4. The fraction of sp³-hybridized carbons (Fsp3) is 0.125. The van der Waals surface area contributed by atoms with Gasteiger partial charge in [0.15, 0.2) is 5.69 Å². The first-order valence-electron chi connectivity index (χ1n) is 9.90. The third-order valence-electron chi connectivity index (χ3n) is 5.33. The lowest BCUT2D eigenvalue weighted by molar-refractivity contribution is -0.384. The van der Waals surface area contributed by atoms with Gasteiger partial charge < -0.3 is 9.47 Å². The third-order valence-corrected chi connectivity index (χ3v) is 5.33. The Labute approximate surface area is 192 Å². The summed E-state index contributed by atoms with van der Waals surface area (Å²) >= 11 is 0. The van der Waals surface area contributed by atoms with E-state index in [1.807, 2.05) is 25.1 Å². The first-order valence-corrected chi connectivity index (χ1v) is 9.90. The summed E-state index contributed by atoms with van der Waals surface area (Å²) in [5, 5.41) is 21.5. The minimum atomic E-state index is -0.924. The highest BCUT2D eigenvalue weighted by molar-refractivity contribution is 6.14. The number of esters is 2. The maximum Gasteiger partial charge on any atom is 0.357 e. The quantitative estimate of drug-likeness (QED) is 0.252. The Morgan fingerprint density at radius 3 is 2.26 bits per heavy atom. The molecular formula is C24H16N4O6. The molecule has 168 valence electrons. The first-order chi connectivity index (χ1) is 16.3. The van der Waals surface area contributed by atoms with Crippen LogP contribution in [-0.2, 0) is 9.47 Å². The molecule has 2 aromatic carbocycles. The van der Waals surface area contributed by atoms with Crippen LogP contribution >= 0.6 is 0 Å². The van der Waals surface area contributed by atoms with Crippen molar-refractivity contribution in [3.05, 3.63) is 75.1 Å². The Kier molecular flexibility index (Phi) is 5.61. The molecule has 0 bridgehead atoms. The van der Waals surface area contributed by atoms with E-state index in [4.69, 9.17) is 9.47 Å². The molecule has 0 aromatic heterocycles. The van der Waals surface area contributed by atoms with E-state index in [-0.39, 0.29) is 50.4 Å². The monoisotopic (exact) mass is 456 g/mol. The molecule has 2 aliphatic heterocycles. The summed E-state index contributed by atoms with van der Waals surface area (Å²) in [6.07, 6.45) is 0. The van der Waals surface area contributed by atoms with Gasteiger partial charge in [-0.15, -0.1) is 0 Å². The molecule has 2 aliphatic rings. The zero-order chi connectivity index (χ0) is 24.6. The van der Waals surface area contributed by atoms with Crippen LogP contribution in [0.25, 0.3) is 33.3 Å². The Hall–Kier alpha value is -4.91. The summed E-state index contributed by atoms with van der Waals surface area (Å²) in [5.41, 5.74) is 1.22. The predicted molar refractivity (Wildman–Crippen MR) is 120 cm³/mol. The second-order valence-electron chi connectivity index (χ2n) is 7.31. The van der Waals surface area contributed by atoms with Crippen LogP contribution in [0, 0.1) is 28.4 Å². The molecule has 0 spiro atoms. The van der Waals surface area contributed by atoms with E-state index in [9.17, 15) is 25.0 Å². The average molecular weight is 456 g/mol. The number of nitro groups is 1. The molecule has 0 N–H and O–H groups in total. The van der Waals surface area contributed by atoms with Crippen LogP contribution in [0.5, 0.6) is 0 Å². The zero-order valence-electron chi connectivity index (χ0n) is 18.3. The van der Waals surface area contributed by atoms with Gasteiger partial charge in [-0.05, 0) is 18.6 Å². The summed E-state index contributed by atoms with van der Waals surface area (Å²) in [6, 6.07) is 12.9. The van der Waals surface area contributed by atoms with Crippen molar-refractivity contribution < 1.29 is 24.0 Å². The molecule has 4 rings (SSSR count). The van der Waals surface area contributed by atoms with Gasteiger partial charge in [0.05, 0.1) is 30.4 Å². The van der Waals surface area contributed by atoms with Crippen LogP contribution in [0.2, 0.25) is 0 Å². The topological polar surface area (TPSA) is 145 Å². The molecule has 34 heavy (non-hydrogen) atoms. The van der Waals surface area contributed by atoms with Crippen LogP contribution in [0.15, 0.2) is 42.5 Å². The Morgan fingerprint density at radius 2 is 1.68 bits per heavy atom. The van der Waals surface area contributed by atoms with Crippen molar-refractivity contribution >= 4 is 28.5 Å². The number of aromatic nitrogens is 2. The summed E-state index contributed by atoms with van der Waals surface area (Å²) in [4.78, 5) is 45.3. The molecule has 0 saturated heterocycles. The van der Waals surface area contributed by atoms with E-state index in [0.29, 0.717) is 5.56 Å². The van der Waals surface area contributed by atoms with Crippen LogP contribution in [0.3, 0.4) is 0 Å². The fourth-order valence-electron chi connectivity index (χ4n) is 3.75. The van der Waals surface area contributed by atoms with Crippen molar-refractivity contribution in [1.82, 2.24) is 9.97 Å². The summed E-state index contributed by atoms with van der Waals surface area (Å²) in [5.74, 6) is -1.83. The van der Waals surface area contributed by atoms with E-state index >= 15 is 0 Å². The van der Waals surface area contributed by atoms with Gasteiger partial charge in [-0.2, -0.15) is 5.26 Å². The standard InChI is InChI=1S/C24H16N4O6/c1-12-4-6-13(7-5-12)18-17(11-25)27-21-15-10-14(28(31)32)8-9-16(15)26-22(24(30)34-3)20(19(18)21)23(29)33-2/h4-10H,1-3H3. The molecule has 0 aliphatic carbocycles. The number of hydrogen-bond acceptors (Lipinski definition) is 9. The molecule has 10 heteroatoms. The normalized spacial score (nSPS) is 10.6. The molecule has 2 aromatic rings. The molecule has 0 amide bonds. The van der Waals surface area contributed by atoms with E-state index < -0.39 is 16.9 Å². The van der Waals surface area contributed by atoms with Gasteiger partial charge in [-0.3, -0.25) is 10.1 Å². The van der Waals surface area contributed by atoms with Gasteiger partial charge in [0, 0.05) is 28.6 Å². The number of fused-ring (bicyclic) bond motifs is 3. The maximum absolute atomic E-state index is 13.0. The smallest absolute Gasteiger partial charge is 0.357 e. The summed E-state index contributed by atoms with van der Waals surface area (Å²) in [7, 11) is 2.27. The third kappa shape index (κ3) is 3.55. The van der Waals surface area contributed by atoms with E-state index in [2.05, 4.69) is 9.97 Å². The van der Waals surface area contributed by atoms with Crippen molar-refractivity contribution in [2.24, 2.45) is 0 Å². The van der Waals surface area contributed by atoms with Crippen LogP contribution in [0.1, 0.15) is 32.1 Å². The minimum Gasteiger partial charge on any atom is -0.465 e. The SMILES string of the molecule is COC(=O)c1nc2ccc([N+](=O)[O-])cc2c2nc(C#N)c(-c3ccc(C)cc3)c-2c1C(=O)OC. The second kappa shape index (κ2) is 8.55. The van der Waals surface area contributed by atoms with Crippen molar-refractivity contribution in [1.29, 1.82) is 5.26 Å².